The maximum atomic E-state index is 10.0. The van der Waals surface area contributed by atoms with E-state index < -0.39 is 0 Å². The van der Waals surface area contributed by atoms with Crippen LogP contribution in [0.1, 0.15) is 11.1 Å². The van der Waals surface area contributed by atoms with Gasteiger partial charge in [-0.25, -0.2) is 4.98 Å². The number of hydrogen-bond acceptors (Lipinski definition) is 5. The number of ether oxygens (including phenoxy) is 1. The normalized spacial score (nSPS) is 11.0. The van der Waals surface area contributed by atoms with Crippen LogP contribution in [0.4, 0.5) is 5.82 Å². The van der Waals surface area contributed by atoms with Gasteiger partial charge in [0.25, 0.3) is 0 Å². The Bertz CT molecular complexity index is 875. The highest BCUT2D eigenvalue weighted by atomic mass is 16.5. The van der Waals surface area contributed by atoms with Gasteiger partial charge in [0.1, 0.15) is 5.82 Å². The number of phenolic OH excluding ortho intramolecular Hbond substituents is 1. The zero-order chi connectivity index (χ0) is 16.2. The highest BCUT2D eigenvalue weighted by Crippen LogP contribution is 2.28. The highest BCUT2D eigenvalue weighted by molar-refractivity contribution is 5.86. The smallest absolute Gasteiger partial charge is 0.166 e. The van der Waals surface area contributed by atoms with E-state index >= 15 is 0 Å². The number of anilines is 1. The van der Waals surface area contributed by atoms with Crippen LogP contribution >= 0.6 is 0 Å². The lowest BCUT2D eigenvalue weighted by Crippen LogP contribution is -1.96. The molecule has 3 aromatic rings. The molecule has 0 spiro atoms. The van der Waals surface area contributed by atoms with E-state index in [2.05, 4.69) is 15.5 Å². The summed E-state index contributed by atoms with van der Waals surface area (Å²) >= 11 is 0. The Labute approximate surface area is 134 Å². The minimum Gasteiger partial charge on any atom is -0.504 e. The van der Waals surface area contributed by atoms with Crippen LogP contribution in [0.25, 0.3) is 10.9 Å². The lowest BCUT2D eigenvalue weighted by atomic mass is 10.1. The Morgan fingerprint density at radius 2 is 2.00 bits per heavy atom. The number of aryl methyl sites for hydroxylation is 1. The van der Waals surface area contributed by atoms with Crippen molar-refractivity contribution in [3.05, 3.63) is 59.7 Å². The number of hydrogen-bond donors (Lipinski definition) is 2. The predicted octanol–water partition coefficient (Wildman–Crippen LogP) is 3.70. The first-order valence-electron chi connectivity index (χ1n) is 7.20. The number of fused-ring (bicyclic) bond motifs is 1. The molecule has 0 saturated heterocycles. The first-order chi connectivity index (χ1) is 11.2. The van der Waals surface area contributed by atoms with Crippen LogP contribution in [-0.4, -0.2) is 23.4 Å². The predicted molar refractivity (Wildman–Crippen MR) is 92.4 cm³/mol. The first-order valence-corrected chi connectivity index (χ1v) is 7.20. The third-order valence-corrected chi connectivity index (χ3v) is 3.56. The average molecular weight is 307 g/mol. The SMILES string of the molecule is COc1cccc(/C=N\Nc2cc(C)c3ccccc3n2)c1O. The fraction of sp³-hybridized carbons (Fsp3) is 0.111. The van der Waals surface area contributed by atoms with Gasteiger partial charge >= 0.3 is 0 Å². The van der Waals surface area contributed by atoms with E-state index in [0.29, 0.717) is 17.1 Å². The molecule has 0 aliphatic rings. The quantitative estimate of drug-likeness (QED) is 0.569. The molecule has 0 bridgehead atoms. The third-order valence-electron chi connectivity index (χ3n) is 3.56. The molecule has 116 valence electrons. The summed E-state index contributed by atoms with van der Waals surface area (Å²) in [5.74, 6) is 1.12. The molecule has 0 radical (unpaired) electrons. The maximum Gasteiger partial charge on any atom is 0.166 e. The van der Waals surface area contributed by atoms with Crippen LogP contribution in [0.3, 0.4) is 0 Å². The molecule has 5 nitrogen and oxygen atoms in total. The first kappa shape index (κ1) is 14.8. The molecule has 2 aromatic carbocycles. The van der Waals surface area contributed by atoms with E-state index in [1.165, 1.54) is 13.3 Å². The van der Waals surface area contributed by atoms with Gasteiger partial charge in [0, 0.05) is 10.9 Å². The molecule has 3 rings (SSSR count). The molecular formula is C18H17N3O2. The zero-order valence-electron chi connectivity index (χ0n) is 12.9. The summed E-state index contributed by atoms with van der Waals surface area (Å²) < 4.78 is 5.07. The number of pyridine rings is 1. The lowest BCUT2D eigenvalue weighted by molar-refractivity contribution is 0.373. The van der Waals surface area contributed by atoms with Crippen molar-refractivity contribution in [3.63, 3.8) is 0 Å². The van der Waals surface area contributed by atoms with Crippen molar-refractivity contribution in [2.45, 2.75) is 6.92 Å². The summed E-state index contributed by atoms with van der Waals surface area (Å²) in [5, 5.41) is 15.3. The van der Waals surface area contributed by atoms with Crippen molar-refractivity contribution < 1.29 is 9.84 Å². The number of nitrogens with zero attached hydrogens (tertiary/aromatic N) is 2. The molecule has 0 aliphatic heterocycles. The molecule has 0 atom stereocenters. The fourth-order valence-corrected chi connectivity index (χ4v) is 2.38. The number of benzene rings is 2. The van der Waals surface area contributed by atoms with Gasteiger partial charge in [-0.1, -0.05) is 24.3 Å². The summed E-state index contributed by atoms with van der Waals surface area (Å²) in [5.41, 5.74) is 5.50. The van der Waals surface area contributed by atoms with E-state index in [9.17, 15) is 5.11 Å². The molecule has 2 N–H and O–H groups in total. The molecule has 0 saturated carbocycles. The van der Waals surface area contributed by atoms with Gasteiger partial charge in [-0.05, 0) is 36.8 Å². The second kappa shape index (κ2) is 6.36. The minimum atomic E-state index is 0.0585. The second-order valence-electron chi connectivity index (χ2n) is 5.11. The summed E-state index contributed by atoms with van der Waals surface area (Å²) in [6.45, 7) is 2.03. The standard InChI is InChI=1S/C18H17N3O2/c1-12-10-17(20-15-8-4-3-7-14(12)15)21-19-11-13-6-5-9-16(23-2)18(13)22/h3-11,22H,1-2H3,(H,20,21)/b19-11-. The van der Waals surface area contributed by atoms with Gasteiger partial charge < -0.3 is 9.84 Å². The van der Waals surface area contributed by atoms with E-state index in [0.717, 1.165) is 16.5 Å². The molecular weight excluding hydrogens is 290 g/mol. The van der Waals surface area contributed by atoms with E-state index in [4.69, 9.17) is 4.74 Å². The number of hydrazone groups is 1. The third kappa shape index (κ3) is 3.08. The summed E-state index contributed by atoms with van der Waals surface area (Å²) in [6.07, 6.45) is 1.53. The summed E-state index contributed by atoms with van der Waals surface area (Å²) in [4.78, 5) is 4.51. The van der Waals surface area contributed by atoms with E-state index in [1.54, 1.807) is 18.2 Å². The molecule has 5 heteroatoms. The number of rotatable bonds is 4. The number of aromatic hydroxyl groups is 1. The van der Waals surface area contributed by atoms with E-state index in [-0.39, 0.29) is 5.75 Å². The van der Waals surface area contributed by atoms with Gasteiger partial charge in [0.05, 0.1) is 18.8 Å². The van der Waals surface area contributed by atoms with Gasteiger partial charge in [0.15, 0.2) is 11.5 Å². The minimum absolute atomic E-state index is 0.0585. The molecule has 0 aliphatic carbocycles. The zero-order valence-corrected chi connectivity index (χ0v) is 12.9. The molecule has 0 amide bonds. The van der Waals surface area contributed by atoms with E-state index in [1.807, 2.05) is 37.3 Å². The van der Waals surface area contributed by atoms with Gasteiger partial charge in [0.2, 0.25) is 0 Å². The number of aromatic nitrogens is 1. The summed E-state index contributed by atoms with van der Waals surface area (Å²) in [7, 11) is 1.51. The van der Waals surface area contributed by atoms with Gasteiger partial charge in [-0.15, -0.1) is 0 Å². The number of phenols is 1. The highest BCUT2D eigenvalue weighted by Gasteiger charge is 2.05. The molecule has 0 fully saturated rings. The van der Waals surface area contributed by atoms with Crippen molar-refractivity contribution in [1.82, 2.24) is 4.98 Å². The number of para-hydroxylation sites is 2. The van der Waals surface area contributed by atoms with Crippen molar-refractivity contribution in [2.24, 2.45) is 5.10 Å². The second-order valence-corrected chi connectivity index (χ2v) is 5.11. The monoisotopic (exact) mass is 307 g/mol. The Hall–Kier alpha value is -3.08. The Morgan fingerprint density at radius 1 is 1.17 bits per heavy atom. The van der Waals surface area contributed by atoms with Crippen LogP contribution < -0.4 is 10.2 Å². The van der Waals surface area contributed by atoms with Crippen LogP contribution in [-0.2, 0) is 0 Å². The Kier molecular flexibility index (Phi) is 4.10. The van der Waals surface area contributed by atoms with Crippen molar-refractivity contribution in [3.8, 4) is 11.5 Å². The van der Waals surface area contributed by atoms with Crippen molar-refractivity contribution >= 4 is 22.9 Å². The molecule has 0 unspecified atom stereocenters. The van der Waals surface area contributed by atoms with Crippen LogP contribution in [0.2, 0.25) is 0 Å². The largest absolute Gasteiger partial charge is 0.504 e. The van der Waals surface area contributed by atoms with Gasteiger partial charge in [-0.3, -0.25) is 5.43 Å². The Balaban J connectivity index is 1.83. The van der Waals surface area contributed by atoms with Crippen LogP contribution in [0.15, 0.2) is 53.6 Å². The lowest BCUT2D eigenvalue weighted by Gasteiger charge is -2.06. The topological polar surface area (TPSA) is 66.7 Å². The molecule has 1 heterocycles. The number of methoxy groups -OCH3 is 1. The van der Waals surface area contributed by atoms with Crippen LogP contribution in [0.5, 0.6) is 11.5 Å². The summed E-state index contributed by atoms with van der Waals surface area (Å²) in [6, 6.07) is 15.1. The fourth-order valence-electron chi connectivity index (χ4n) is 2.38. The van der Waals surface area contributed by atoms with Crippen molar-refractivity contribution in [1.29, 1.82) is 0 Å². The molecule has 23 heavy (non-hydrogen) atoms. The maximum absolute atomic E-state index is 10.0. The molecule has 1 aromatic heterocycles. The van der Waals surface area contributed by atoms with Crippen molar-refractivity contribution in [2.75, 3.05) is 12.5 Å². The van der Waals surface area contributed by atoms with Gasteiger partial charge in [-0.2, -0.15) is 5.10 Å². The van der Waals surface area contributed by atoms with Crippen LogP contribution in [0, 0.1) is 6.92 Å². The Morgan fingerprint density at radius 3 is 2.83 bits per heavy atom. The number of nitrogens with one attached hydrogen (secondary N) is 1. The average Bonchev–Trinajstić information content (AvgIpc) is 2.56.